The molecule has 0 spiro atoms. The molecular formula is C14H17BrN2O3S. The lowest BCUT2D eigenvalue weighted by Gasteiger charge is -2.20. The van der Waals surface area contributed by atoms with Crippen LogP contribution in [0.3, 0.4) is 0 Å². The van der Waals surface area contributed by atoms with Gasteiger partial charge >= 0.3 is 0 Å². The molecule has 0 saturated carbocycles. The lowest BCUT2D eigenvalue weighted by molar-refractivity contribution is 0.0957. The van der Waals surface area contributed by atoms with Crippen LogP contribution in [0.1, 0.15) is 31.1 Å². The first kappa shape index (κ1) is 17.7. The van der Waals surface area contributed by atoms with Crippen LogP contribution in [0.4, 0.5) is 0 Å². The zero-order valence-corrected chi connectivity index (χ0v) is 14.4. The van der Waals surface area contributed by atoms with Gasteiger partial charge in [-0.3, -0.25) is 4.79 Å². The predicted octanol–water partition coefficient (Wildman–Crippen LogP) is 1.89. The minimum atomic E-state index is -3.70. The molecule has 0 radical (unpaired) electrons. The van der Waals surface area contributed by atoms with E-state index in [1.165, 1.54) is 18.2 Å². The summed E-state index contributed by atoms with van der Waals surface area (Å²) in [6, 6.07) is 4.25. The number of halogens is 1. The van der Waals surface area contributed by atoms with Gasteiger partial charge in [0.2, 0.25) is 10.0 Å². The fourth-order valence-electron chi connectivity index (χ4n) is 1.53. The first-order chi connectivity index (χ1) is 9.57. The van der Waals surface area contributed by atoms with Crippen molar-refractivity contribution in [1.29, 1.82) is 0 Å². The molecular weight excluding hydrogens is 356 g/mol. The highest BCUT2D eigenvalue weighted by molar-refractivity contribution is 9.10. The number of carbonyl (C=O) groups excluding carboxylic acids is 1. The first-order valence-electron chi connectivity index (χ1n) is 6.12. The third-order valence-corrected chi connectivity index (χ3v) is 4.73. The van der Waals surface area contributed by atoms with E-state index in [9.17, 15) is 13.2 Å². The number of carbonyl (C=O) groups is 1. The van der Waals surface area contributed by atoms with E-state index in [4.69, 9.17) is 6.42 Å². The smallest absolute Gasteiger partial charge is 0.253 e. The number of nitrogens with one attached hydrogen (secondary N) is 2. The van der Waals surface area contributed by atoms with Crippen LogP contribution in [0.2, 0.25) is 0 Å². The molecule has 1 rings (SSSR count). The minimum Gasteiger partial charge on any atom is -0.341 e. The van der Waals surface area contributed by atoms with Crippen molar-refractivity contribution in [2.75, 3.05) is 6.54 Å². The molecule has 0 aromatic heterocycles. The summed E-state index contributed by atoms with van der Waals surface area (Å²) in [4.78, 5) is 12.0. The molecule has 114 valence electrons. The Labute approximate surface area is 133 Å². The normalized spacial score (nSPS) is 11.8. The van der Waals surface area contributed by atoms with Crippen LogP contribution in [-0.4, -0.2) is 26.4 Å². The average Bonchev–Trinajstić information content (AvgIpc) is 2.33. The van der Waals surface area contributed by atoms with E-state index in [-0.39, 0.29) is 17.0 Å². The molecule has 0 unspecified atom stereocenters. The highest BCUT2D eigenvalue weighted by Crippen LogP contribution is 2.22. The Kier molecular flexibility index (Phi) is 5.56. The fourth-order valence-corrected chi connectivity index (χ4v) is 3.41. The van der Waals surface area contributed by atoms with Crippen LogP contribution in [0.5, 0.6) is 0 Å². The second-order valence-corrected chi connectivity index (χ2v) is 7.92. The van der Waals surface area contributed by atoms with Crippen LogP contribution < -0.4 is 10.0 Å². The van der Waals surface area contributed by atoms with Crippen LogP contribution in [-0.2, 0) is 10.0 Å². The lowest BCUT2D eigenvalue weighted by Crippen LogP contribution is -2.40. The Morgan fingerprint density at radius 2 is 2.00 bits per heavy atom. The molecule has 0 fully saturated rings. The van der Waals surface area contributed by atoms with Gasteiger partial charge in [-0.05, 0) is 54.9 Å². The van der Waals surface area contributed by atoms with E-state index in [2.05, 4.69) is 31.9 Å². The molecule has 0 aliphatic heterocycles. The maximum absolute atomic E-state index is 12.3. The van der Waals surface area contributed by atoms with Gasteiger partial charge in [-0.1, -0.05) is 5.92 Å². The van der Waals surface area contributed by atoms with Crippen LogP contribution in [0.15, 0.2) is 27.6 Å². The molecule has 1 aromatic rings. The zero-order valence-electron chi connectivity index (χ0n) is 12.0. The van der Waals surface area contributed by atoms with Gasteiger partial charge in [-0.2, -0.15) is 0 Å². The summed E-state index contributed by atoms with van der Waals surface area (Å²) in [6.45, 7) is 5.29. The molecule has 0 aliphatic carbocycles. The highest BCUT2D eigenvalue weighted by Gasteiger charge is 2.23. The van der Waals surface area contributed by atoms with E-state index in [1.807, 2.05) is 0 Å². The molecule has 7 heteroatoms. The summed E-state index contributed by atoms with van der Waals surface area (Å²) < 4.78 is 27.5. The molecule has 0 bridgehead atoms. The molecule has 0 aliphatic rings. The number of amides is 1. The molecule has 0 heterocycles. The number of hydrogen-bond donors (Lipinski definition) is 2. The number of terminal acetylenes is 1. The Hall–Kier alpha value is -1.36. The largest absolute Gasteiger partial charge is 0.341 e. The third-order valence-electron chi connectivity index (χ3n) is 2.28. The quantitative estimate of drug-likeness (QED) is 0.792. The summed E-state index contributed by atoms with van der Waals surface area (Å²) in [5.74, 6) is 1.85. The van der Waals surface area contributed by atoms with Crippen molar-refractivity contribution in [2.45, 2.75) is 31.2 Å². The summed E-state index contributed by atoms with van der Waals surface area (Å²) in [7, 11) is -3.70. The third kappa shape index (κ3) is 5.16. The van der Waals surface area contributed by atoms with Crippen molar-refractivity contribution >= 4 is 31.9 Å². The van der Waals surface area contributed by atoms with Crippen LogP contribution >= 0.6 is 15.9 Å². The molecule has 5 nitrogen and oxygen atoms in total. The van der Waals surface area contributed by atoms with Crippen molar-refractivity contribution in [3.63, 3.8) is 0 Å². The van der Waals surface area contributed by atoms with Crippen molar-refractivity contribution in [3.8, 4) is 12.3 Å². The van der Waals surface area contributed by atoms with Gasteiger partial charge in [0.05, 0.1) is 17.0 Å². The molecule has 1 amide bonds. The standard InChI is InChI=1S/C14H17BrN2O3S/c1-5-8-16-13(18)11-9-10(6-7-12(11)15)21(19,20)17-14(2,3)4/h1,6-7,9,17H,8H2,2-4H3,(H,16,18). The fraction of sp³-hybridized carbons (Fsp3) is 0.357. The molecule has 0 atom stereocenters. The summed E-state index contributed by atoms with van der Waals surface area (Å²) >= 11 is 3.22. The lowest BCUT2D eigenvalue weighted by atomic mass is 10.1. The number of benzene rings is 1. The predicted molar refractivity (Wildman–Crippen MR) is 85.4 cm³/mol. The molecule has 1 aromatic carbocycles. The van der Waals surface area contributed by atoms with E-state index < -0.39 is 21.5 Å². The minimum absolute atomic E-state index is 0.0199. The van der Waals surface area contributed by atoms with Gasteiger partial charge in [0.25, 0.3) is 5.91 Å². The monoisotopic (exact) mass is 372 g/mol. The maximum atomic E-state index is 12.3. The van der Waals surface area contributed by atoms with E-state index >= 15 is 0 Å². The second-order valence-electron chi connectivity index (χ2n) is 5.38. The summed E-state index contributed by atoms with van der Waals surface area (Å²) in [6.07, 6.45) is 5.08. The van der Waals surface area contributed by atoms with Crippen molar-refractivity contribution in [1.82, 2.24) is 10.0 Å². The number of hydrogen-bond acceptors (Lipinski definition) is 3. The SMILES string of the molecule is C#CCNC(=O)c1cc(S(=O)(=O)NC(C)(C)C)ccc1Br. The zero-order chi connectivity index (χ0) is 16.3. The van der Waals surface area contributed by atoms with E-state index in [0.29, 0.717) is 4.47 Å². The number of sulfonamides is 1. The Balaban J connectivity index is 3.18. The number of rotatable bonds is 4. The molecule has 21 heavy (non-hydrogen) atoms. The summed E-state index contributed by atoms with van der Waals surface area (Å²) in [5.41, 5.74) is -0.403. The maximum Gasteiger partial charge on any atom is 0.253 e. The first-order valence-corrected chi connectivity index (χ1v) is 8.39. The van der Waals surface area contributed by atoms with Crippen molar-refractivity contribution in [2.24, 2.45) is 0 Å². The average molecular weight is 373 g/mol. The highest BCUT2D eigenvalue weighted by atomic mass is 79.9. The van der Waals surface area contributed by atoms with Crippen LogP contribution in [0, 0.1) is 12.3 Å². The van der Waals surface area contributed by atoms with Gasteiger partial charge in [0.15, 0.2) is 0 Å². The second kappa shape index (κ2) is 6.60. The molecule has 0 saturated heterocycles. The Bertz CT molecular complexity index is 685. The van der Waals surface area contributed by atoms with Gasteiger partial charge in [-0.15, -0.1) is 6.42 Å². The Morgan fingerprint density at radius 1 is 1.38 bits per heavy atom. The van der Waals surface area contributed by atoms with Gasteiger partial charge in [0, 0.05) is 10.0 Å². The van der Waals surface area contributed by atoms with Gasteiger partial charge in [0.1, 0.15) is 0 Å². The van der Waals surface area contributed by atoms with E-state index in [0.717, 1.165) is 0 Å². The Morgan fingerprint density at radius 3 is 2.52 bits per heavy atom. The van der Waals surface area contributed by atoms with Gasteiger partial charge < -0.3 is 5.32 Å². The van der Waals surface area contributed by atoms with Gasteiger partial charge in [-0.25, -0.2) is 13.1 Å². The molecule has 2 N–H and O–H groups in total. The van der Waals surface area contributed by atoms with Crippen molar-refractivity contribution in [3.05, 3.63) is 28.2 Å². The van der Waals surface area contributed by atoms with Crippen LogP contribution in [0.25, 0.3) is 0 Å². The van der Waals surface area contributed by atoms with E-state index in [1.54, 1.807) is 20.8 Å². The van der Waals surface area contributed by atoms with Crippen molar-refractivity contribution < 1.29 is 13.2 Å². The topological polar surface area (TPSA) is 75.3 Å². The summed E-state index contributed by atoms with van der Waals surface area (Å²) in [5, 5.41) is 2.50.